The first kappa shape index (κ1) is 16.8. The predicted octanol–water partition coefficient (Wildman–Crippen LogP) is 3.83. The molecule has 0 bridgehead atoms. The van der Waals surface area contributed by atoms with Gasteiger partial charge in [0.15, 0.2) is 0 Å². The SMILES string of the molecule is CCN(c1ccc(CC(C)N)c(C(F)(F)F)c1)C(C)C. The molecule has 1 rings (SSSR count). The van der Waals surface area contributed by atoms with Crippen molar-refractivity contribution in [3.05, 3.63) is 29.3 Å². The molecule has 0 saturated heterocycles. The van der Waals surface area contributed by atoms with Crippen LogP contribution in [0.25, 0.3) is 0 Å². The summed E-state index contributed by atoms with van der Waals surface area (Å²) in [6.07, 6.45) is -4.13. The van der Waals surface area contributed by atoms with Gasteiger partial charge in [-0.15, -0.1) is 0 Å². The first-order chi connectivity index (χ1) is 9.16. The molecule has 0 fully saturated rings. The monoisotopic (exact) mass is 288 g/mol. The molecule has 0 aliphatic rings. The average Bonchev–Trinajstić information content (AvgIpc) is 2.29. The van der Waals surface area contributed by atoms with Gasteiger partial charge in [0.05, 0.1) is 5.56 Å². The van der Waals surface area contributed by atoms with Gasteiger partial charge in [-0.05, 0) is 51.8 Å². The van der Waals surface area contributed by atoms with Crippen molar-refractivity contribution < 1.29 is 13.2 Å². The number of rotatable bonds is 5. The van der Waals surface area contributed by atoms with Gasteiger partial charge in [0.1, 0.15) is 0 Å². The maximum Gasteiger partial charge on any atom is 0.416 e. The smallest absolute Gasteiger partial charge is 0.369 e. The Balaban J connectivity index is 3.27. The van der Waals surface area contributed by atoms with Crippen LogP contribution in [-0.4, -0.2) is 18.6 Å². The van der Waals surface area contributed by atoms with E-state index in [0.717, 1.165) is 0 Å². The number of hydrogen-bond donors (Lipinski definition) is 1. The fourth-order valence-corrected chi connectivity index (χ4v) is 2.38. The summed E-state index contributed by atoms with van der Waals surface area (Å²) in [5.74, 6) is 0. The molecule has 0 heterocycles. The van der Waals surface area contributed by atoms with Crippen molar-refractivity contribution in [2.75, 3.05) is 11.4 Å². The van der Waals surface area contributed by atoms with Crippen LogP contribution in [0.3, 0.4) is 0 Å². The molecule has 114 valence electrons. The highest BCUT2D eigenvalue weighted by Crippen LogP contribution is 2.35. The van der Waals surface area contributed by atoms with E-state index >= 15 is 0 Å². The second kappa shape index (κ2) is 6.48. The summed E-state index contributed by atoms with van der Waals surface area (Å²) in [7, 11) is 0. The van der Waals surface area contributed by atoms with Crippen molar-refractivity contribution >= 4 is 5.69 Å². The number of anilines is 1. The van der Waals surface area contributed by atoms with Crippen molar-refractivity contribution in [3.63, 3.8) is 0 Å². The van der Waals surface area contributed by atoms with Crippen LogP contribution in [-0.2, 0) is 12.6 Å². The molecule has 1 unspecified atom stereocenters. The summed E-state index contributed by atoms with van der Waals surface area (Å²) in [6.45, 7) is 8.24. The van der Waals surface area contributed by atoms with Gasteiger partial charge in [-0.2, -0.15) is 13.2 Å². The Hall–Kier alpha value is -1.23. The van der Waals surface area contributed by atoms with E-state index in [2.05, 4.69) is 0 Å². The summed E-state index contributed by atoms with van der Waals surface area (Å²) in [6, 6.07) is 4.39. The normalized spacial score (nSPS) is 13.7. The summed E-state index contributed by atoms with van der Waals surface area (Å²) in [4.78, 5) is 1.94. The minimum atomic E-state index is -4.35. The molecule has 0 saturated carbocycles. The molecular weight excluding hydrogens is 265 g/mol. The number of nitrogens with two attached hydrogens (primary N) is 1. The Kier molecular flexibility index (Phi) is 5.45. The van der Waals surface area contributed by atoms with Crippen molar-refractivity contribution in [1.29, 1.82) is 0 Å². The molecule has 0 aliphatic heterocycles. The van der Waals surface area contributed by atoms with Crippen LogP contribution >= 0.6 is 0 Å². The molecule has 0 aromatic heterocycles. The van der Waals surface area contributed by atoms with E-state index in [4.69, 9.17) is 5.73 Å². The summed E-state index contributed by atoms with van der Waals surface area (Å²) in [5, 5.41) is 0. The molecule has 20 heavy (non-hydrogen) atoms. The lowest BCUT2D eigenvalue weighted by Crippen LogP contribution is -2.30. The summed E-state index contributed by atoms with van der Waals surface area (Å²) >= 11 is 0. The fraction of sp³-hybridized carbons (Fsp3) is 0.600. The summed E-state index contributed by atoms with van der Waals surface area (Å²) < 4.78 is 39.6. The van der Waals surface area contributed by atoms with Gasteiger partial charge in [-0.1, -0.05) is 6.07 Å². The first-order valence-electron chi connectivity index (χ1n) is 6.89. The highest BCUT2D eigenvalue weighted by Gasteiger charge is 2.34. The van der Waals surface area contributed by atoms with Crippen LogP contribution in [0.5, 0.6) is 0 Å². The molecule has 5 heteroatoms. The predicted molar refractivity (Wildman–Crippen MR) is 77.0 cm³/mol. The van der Waals surface area contributed by atoms with Crippen LogP contribution in [0, 0.1) is 0 Å². The van der Waals surface area contributed by atoms with Crippen molar-refractivity contribution in [3.8, 4) is 0 Å². The van der Waals surface area contributed by atoms with Crippen LogP contribution in [0.1, 0.15) is 38.8 Å². The van der Waals surface area contributed by atoms with E-state index in [-0.39, 0.29) is 24.1 Å². The zero-order valence-electron chi connectivity index (χ0n) is 12.5. The fourth-order valence-electron chi connectivity index (χ4n) is 2.38. The standard InChI is InChI=1S/C15H23F3N2/c1-5-20(10(2)3)13-7-6-12(8-11(4)19)14(9-13)15(16,17)18/h6-7,9-11H,5,8,19H2,1-4H3. The van der Waals surface area contributed by atoms with Gasteiger partial charge in [-0.25, -0.2) is 0 Å². The second-order valence-corrected chi connectivity index (χ2v) is 5.40. The molecule has 0 amide bonds. The highest BCUT2D eigenvalue weighted by molar-refractivity contribution is 5.52. The van der Waals surface area contributed by atoms with E-state index in [9.17, 15) is 13.2 Å². The third kappa shape index (κ3) is 4.13. The van der Waals surface area contributed by atoms with Gasteiger partial charge in [0, 0.05) is 24.3 Å². The third-order valence-electron chi connectivity index (χ3n) is 3.24. The van der Waals surface area contributed by atoms with E-state index in [1.54, 1.807) is 19.1 Å². The molecular formula is C15H23F3N2. The lowest BCUT2D eigenvalue weighted by atomic mass is 9.99. The Bertz CT molecular complexity index is 439. The molecule has 1 atom stereocenters. The molecule has 2 N–H and O–H groups in total. The topological polar surface area (TPSA) is 29.3 Å². The highest BCUT2D eigenvalue weighted by atomic mass is 19.4. The largest absolute Gasteiger partial charge is 0.416 e. The maximum atomic E-state index is 13.2. The van der Waals surface area contributed by atoms with E-state index in [1.165, 1.54) is 6.07 Å². The van der Waals surface area contributed by atoms with E-state index < -0.39 is 11.7 Å². The van der Waals surface area contributed by atoms with Crippen molar-refractivity contribution in [2.45, 2.75) is 52.4 Å². The molecule has 0 aliphatic carbocycles. The number of benzene rings is 1. The number of hydrogen-bond acceptors (Lipinski definition) is 2. The van der Waals surface area contributed by atoms with Crippen molar-refractivity contribution in [2.24, 2.45) is 5.73 Å². The first-order valence-corrected chi connectivity index (χ1v) is 6.89. The van der Waals surface area contributed by atoms with Gasteiger partial charge in [-0.3, -0.25) is 0 Å². The number of halogens is 3. The van der Waals surface area contributed by atoms with Crippen LogP contribution < -0.4 is 10.6 Å². The van der Waals surface area contributed by atoms with Gasteiger partial charge < -0.3 is 10.6 Å². The zero-order valence-corrected chi connectivity index (χ0v) is 12.5. The van der Waals surface area contributed by atoms with Gasteiger partial charge in [0.25, 0.3) is 0 Å². The van der Waals surface area contributed by atoms with E-state index in [0.29, 0.717) is 12.2 Å². The number of alkyl halides is 3. The third-order valence-corrected chi connectivity index (χ3v) is 3.24. The molecule has 0 spiro atoms. The number of nitrogens with zero attached hydrogens (tertiary/aromatic N) is 1. The Morgan fingerprint density at radius 3 is 2.20 bits per heavy atom. The van der Waals surface area contributed by atoms with Gasteiger partial charge >= 0.3 is 6.18 Å². The molecule has 0 radical (unpaired) electrons. The lowest BCUT2D eigenvalue weighted by Gasteiger charge is -2.29. The van der Waals surface area contributed by atoms with E-state index in [1.807, 2.05) is 25.7 Å². The van der Waals surface area contributed by atoms with Crippen molar-refractivity contribution in [1.82, 2.24) is 0 Å². The Morgan fingerprint density at radius 2 is 1.80 bits per heavy atom. The second-order valence-electron chi connectivity index (χ2n) is 5.40. The zero-order chi connectivity index (χ0) is 15.5. The van der Waals surface area contributed by atoms with Crippen LogP contribution in [0.15, 0.2) is 18.2 Å². The Labute approximate surface area is 118 Å². The minimum Gasteiger partial charge on any atom is -0.369 e. The molecule has 2 nitrogen and oxygen atoms in total. The Morgan fingerprint density at radius 1 is 1.20 bits per heavy atom. The minimum absolute atomic E-state index is 0.153. The van der Waals surface area contributed by atoms with Crippen LogP contribution in [0.2, 0.25) is 0 Å². The summed E-state index contributed by atoms with van der Waals surface area (Å²) in [5.41, 5.74) is 5.91. The molecule has 1 aromatic carbocycles. The maximum absolute atomic E-state index is 13.2. The lowest BCUT2D eigenvalue weighted by molar-refractivity contribution is -0.138. The molecule has 1 aromatic rings. The van der Waals surface area contributed by atoms with Gasteiger partial charge in [0.2, 0.25) is 0 Å². The average molecular weight is 288 g/mol. The quantitative estimate of drug-likeness (QED) is 0.892. The van der Waals surface area contributed by atoms with Crippen LogP contribution in [0.4, 0.5) is 18.9 Å².